The maximum atomic E-state index is 12.6. The molecule has 0 amide bonds. The predicted molar refractivity (Wildman–Crippen MR) is 105 cm³/mol. The summed E-state index contributed by atoms with van der Waals surface area (Å²) in [5.41, 5.74) is 3.63. The smallest absolute Gasteiger partial charge is 0.255 e. The molecule has 4 heterocycles. The number of morpholine rings is 1. The number of benzene rings is 1. The van der Waals surface area contributed by atoms with E-state index in [1.54, 1.807) is 30.1 Å². The number of hydrogen-bond acceptors (Lipinski definition) is 8. The summed E-state index contributed by atoms with van der Waals surface area (Å²) < 4.78 is 12.4. The first kappa shape index (κ1) is 17.5. The van der Waals surface area contributed by atoms with Crippen molar-refractivity contribution in [2.75, 3.05) is 24.6 Å². The van der Waals surface area contributed by atoms with Crippen LogP contribution >= 0.6 is 0 Å². The Bertz CT molecular complexity index is 1220. The Hall–Kier alpha value is -3.59. The van der Waals surface area contributed by atoms with Gasteiger partial charge in [0.15, 0.2) is 0 Å². The van der Waals surface area contributed by atoms with Crippen molar-refractivity contribution in [3.05, 3.63) is 64.7 Å². The highest BCUT2D eigenvalue weighted by molar-refractivity contribution is 5.77. The van der Waals surface area contributed by atoms with Crippen LogP contribution in [-0.4, -0.2) is 44.5 Å². The monoisotopic (exact) mass is 390 g/mol. The lowest BCUT2D eigenvalue weighted by molar-refractivity contribution is 0.0397. The van der Waals surface area contributed by atoms with Gasteiger partial charge in [0.05, 0.1) is 18.8 Å². The van der Waals surface area contributed by atoms with Crippen LogP contribution in [0.1, 0.15) is 11.7 Å². The molecule has 4 aromatic rings. The van der Waals surface area contributed by atoms with Gasteiger partial charge in [0.25, 0.3) is 5.56 Å². The molecule has 1 saturated heterocycles. The third kappa shape index (κ3) is 3.15. The Balaban J connectivity index is 1.52. The molecule has 9 heteroatoms. The van der Waals surface area contributed by atoms with Gasteiger partial charge in [0, 0.05) is 43.2 Å². The fourth-order valence-electron chi connectivity index (χ4n) is 3.59. The summed E-state index contributed by atoms with van der Waals surface area (Å²) in [6, 6.07) is 10.9. The van der Waals surface area contributed by atoms with Gasteiger partial charge in [-0.3, -0.25) is 14.3 Å². The number of aromatic nitrogens is 5. The Morgan fingerprint density at radius 2 is 2.00 bits per heavy atom. The molecule has 1 fully saturated rings. The largest absolute Gasteiger partial charge is 0.370 e. The fourth-order valence-corrected chi connectivity index (χ4v) is 3.59. The molecule has 0 aliphatic carbocycles. The van der Waals surface area contributed by atoms with Crippen molar-refractivity contribution in [1.29, 1.82) is 0 Å². The van der Waals surface area contributed by atoms with Gasteiger partial charge in [-0.2, -0.15) is 0 Å². The number of fused-ring (bicyclic) bond motifs is 1. The Morgan fingerprint density at radius 3 is 2.86 bits per heavy atom. The van der Waals surface area contributed by atoms with E-state index in [0.717, 1.165) is 11.1 Å². The van der Waals surface area contributed by atoms with Gasteiger partial charge in [-0.15, -0.1) is 0 Å². The number of ether oxygens (including phenoxy) is 1. The second kappa shape index (κ2) is 7.10. The number of pyridine rings is 1. The standard InChI is InChI=1S/C20H18N6O3/c1-25-18(27)11-16(13-5-7-21-8-6-13)22-20(25)26-9-10-28-17(12-26)14-3-2-4-15-19(14)24-29-23-15/h2-8,11,17H,9-10,12H2,1H3. The molecule has 29 heavy (non-hydrogen) atoms. The third-order valence-corrected chi connectivity index (χ3v) is 5.10. The highest BCUT2D eigenvalue weighted by atomic mass is 16.6. The summed E-state index contributed by atoms with van der Waals surface area (Å²) in [4.78, 5) is 23.4. The van der Waals surface area contributed by atoms with Crippen LogP contribution in [0.15, 0.2) is 58.2 Å². The number of rotatable bonds is 3. The predicted octanol–water partition coefficient (Wildman–Crippen LogP) is 1.96. The maximum Gasteiger partial charge on any atom is 0.255 e. The molecule has 1 aliphatic rings. The maximum absolute atomic E-state index is 12.6. The van der Waals surface area contributed by atoms with Gasteiger partial charge >= 0.3 is 0 Å². The van der Waals surface area contributed by atoms with Gasteiger partial charge in [-0.05, 0) is 28.5 Å². The second-order valence-corrected chi connectivity index (χ2v) is 6.86. The van der Waals surface area contributed by atoms with Gasteiger partial charge < -0.3 is 9.64 Å². The average Bonchev–Trinajstić information content (AvgIpc) is 3.25. The summed E-state index contributed by atoms with van der Waals surface area (Å²) in [6.45, 7) is 1.66. The second-order valence-electron chi connectivity index (χ2n) is 6.86. The van der Waals surface area contributed by atoms with Crippen LogP contribution in [0.3, 0.4) is 0 Å². The minimum atomic E-state index is -0.235. The van der Waals surface area contributed by atoms with Crippen molar-refractivity contribution in [2.24, 2.45) is 7.05 Å². The summed E-state index contributed by atoms with van der Waals surface area (Å²) in [5, 5.41) is 7.92. The summed E-state index contributed by atoms with van der Waals surface area (Å²) >= 11 is 0. The van der Waals surface area contributed by atoms with E-state index in [1.165, 1.54) is 0 Å². The molecule has 0 bridgehead atoms. The lowest BCUT2D eigenvalue weighted by Crippen LogP contribution is -2.41. The molecule has 1 unspecified atom stereocenters. The van der Waals surface area contributed by atoms with Gasteiger partial charge in [-0.25, -0.2) is 9.61 Å². The van der Waals surface area contributed by atoms with Crippen LogP contribution in [-0.2, 0) is 11.8 Å². The van der Waals surface area contributed by atoms with Crippen molar-refractivity contribution in [1.82, 2.24) is 24.8 Å². The molecule has 0 spiro atoms. The van der Waals surface area contributed by atoms with E-state index in [1.807, 2.05) is 30.3 Å². The van der Waals surface area contributed by atoms with Gasteiger partial charge in [0.2, 0.25) is 5.95 Å². The Morgan fingerprint density at radius 1 is 1.14 bits per heavy atom. The molecule has 1 atom stereocenters. The zero-order valence-corrected chi connectivity index (χ0v) is 15.7. The summed E-state index contributed by atoms with van der Waals surface area (Å²) in [5.74, 6) is 0.600. The molecule has 3 aromatic heterocycles. The van der Waals surface area contributed by atoms with E-state index in [9.17, 15) is 4.79 Å². The van der Waals surface area contributed by atoms with E-state index in [0.29, 0.717) is 42.4 Å². The molecule has 1 aliphatic heterocycles. The van der Waals surface area contributed by atoms with E-state index >= 15 is 0 Å². The number of nitrogens with zero attached hydrogens (tertiary/aromatic N) is 6. The van der Waals surface area contributed by atoms with Crippen LogP contribution in [0, 0.1) is 0 Å². The molecule has 0 radical (unpaired) electrons. The molecule has 0 saturated carbocycles. The van der Waals surface area contributed by atoms with Crippen LogP contribution in [0.4, 0.5) is 5.95 Å². The quantitative estimate of drug-likeness (QED) is 0.523. The first-order valence-electron chi connectivity index (χ1n) is 9.27. The van der Waals surface area contributed by atoms with Crippen LogP contribution in [0.2, 0.25) is 0 Å². The van der Waals surface area contributed by atoms with E-state index in [-0.39, 0.29) is 11.7 Å². The lowest BCUT2D eigenvalue weighted by atomic mass is 10.1. The Labute approximate surface area is 165 Å². The van der Waals surface area contributed by atoms with E-state index in [2.05, 4.69) is 20.2 Å². The topological polar surface area (TPSA) is 99.2 Å². The van der Waals surface area contributed by atoms with Crippen molar-refractivity contribution in [3.8, 4) is 11.3 Å². The summed E-state index contributed by atoms with van der Waals surface area (Å²) in [7, 11) is 1.73. The Kier molecular flexibility index (Phi) is 4.28. The molecule has 0 N–H and O–H groups in total. The first-order chi connectivity index (χ1) is 14.2. The summed E-state index contributed by atoms with van der Waals surface area (Å²) in [6.07, 6.45) is 3.14. The average molecular weight is 390 g/mol. The normalized spacial score (nSPS) is 17.0. The molecule has 9 nitrogen and oxygen atoms in total. The van der Waals surface area contributed by atoms with Crippen LogP contribution < -0.4 is 10.5 Å². The van der Waals surface area contributed by atoms with E-state index in [4.69, 9.17) is 14.3 Å². The zero-order valence-electron chi connectivity index (χ0n) is 15.7. The SMILES string of the molecule is Cn1c(N2CCOC(c3cccc4nonc34)C2)nc(-c2ccncc2)cc1=O. The van der Waals surface area contributed by atoms with E-state index < -0.39 is 0 Å². The van der Waals surface area contributed by atoms with Crippen LogP contribution in [0.5, 0.6) is 0 Å². The molecule has 1 aromatic carbocycles. The fraction of sp³-hybridized carbons (Fsp3) is 0.250. The third-order valence-electron chi connectivity index (χ3n) is 5.10. The minimum absolute atomic E-state index is 0.118. The first-order valence-corrected chi connectivity index (χ1v) is 9.27. The molecule has 146 valence electrons. The molecular weight excluding hydrogens is 372 g/mol. The highest BCUT2D eigenvalue weighted by Crippen LogP contribution is 2.29. The number of hydrogen-bond donors (Lipinski definition) is 0. The minimum Gasteiger partial charge on any atom is -0.370 e. The van der Waals surface area contributed by atoms with Gasteiger partial charge in [0.1, 0.15) is 17.1 Å². The molecular formula is C20H18N6O3. The van der Waals surface area contributed by atoms with Crippen molar-refractivity contribution < 1.29 is 9.37 Å². The van der Waals surface area contributed by atoms with Gasteiger partial charge in [-0.1, -0.05) is 12.1 Å². The lowest BCUT2D eigenvalue weighted by Gasteiger charge is -2.34. The van der Waals surface area contributed by atoms with Crippen molar-refractivity contribution in [3.63, 3.8) is 0 Å². The van der Waals surface area contributed by atoms with Crippen molar-refractivity contribution in [2.45, 2.75) is 6.10 Å². The highest BCUT2D eigenvalue weighted by Gasteiger charge is 2.27. The molecule has 5 rings (SSSR count). The zero-order chi connectivity index (χ0) is 19.8. The van der Waals surface area contributed by atoms with Crippen molar-refractivity contribution >= 4 is 17.0 Å². The number of anilines is 1. The van der Waals surface area contributed by atoms with Crippen LogP contribution in [0.25, 0.3) is 22.3 Å².